The lowest BCUT2D eigenvalue weighted by atomic mass is 10.2. The summed E-state index contributed by atoms with van der Waals surface area (Å²) < 4.78 is 23.6. The summed E-state index contributed by atoms with van der Waals surface area (Å²) in [4.78, 5) is 20.7. The Morgan fingerprint density at radius 2 is 2.00 bits per heavy atom. The molecule has 0 aliphatic carbocycles. The minimum atomic E-state index is -3.08. The number of benzene rings is 1. The molecule has 3 rings (SSSR count). The summed E-state index contributed by atoms with van der Waals surface area (Å²) in [6.45, 7) is 5.75. The molecule has 7 nitrogen and oxygen atoms in total. The second-order valence-corrected chi connectivity index (χ2v) is 10.7. The molecule has 1 fully saturated rings. The number of hydrogen-bond acceptors (Lipinski definition) is 4. The van der Waals surface area contributed by atoms with Crippen molar-refractivity contribution in [3.8, 4) is 0 Å². The van der Waals surface area contributed by atoms with Gasteiger partial charge in [-0.15, -0.1) is 0 Å². The van der Waals surface area contributed by atoms with Crippen LogP contribution in [-0.4, -0.2) is 68.9 Å². The number of anilines is 1. The molecule has 2 aliphatic heterocycles. The standard InChI is InChI=1S/C20H30N4O3S/c1-20(2)15-23(13-14-28(20,26)27)19(21-3)22-11-6-9-18(25)24-12-10-16-7-4-5-8-17(16)24/h4-5,7-8H,6,9-15H2,1-3H3,(H,21,22). The zero-order valence-corrected chi connectivity index (χ0v) is 17.8. The molecule has 0 saturated carbocycles. The third kappa shape index (κ3) is 4.16. The number of sulfone groups is 1. The van der Waals surface area contributed by atoms with Crippen LogP contribution in [0.3, 0.4) is 0 Å². The molecule has 1 N–H and O–H groups in total. The van der Waals surface area contributed by atoms with Gasteiger partial charge >= 0.3 is 0 Å². The third-order valence-corrected chi connectivity index (χ3v) is 8.13. The van der Waals surface area contributed by atoms with Crippen molar-refractivity contribution in [1.82, 2.24) is 10.2 Å². The molecule has 1 aromatic rings. The number of aliphatic imine (C=N–C) groups is 1. The van der Waals surface area contributed by atoms with Crippen molar-refractivity contribution in [3.63, 3.8) is 0 Å². The van der Waals surface area contributed by atoms with Gasteiger partial charge in [0, 0.05) is 45.3 Å². The van der Waals surface area contributed by atoms with Gasteiger partial charge in [-0.05, 0) is 38.3 Å². The van der Waals surface area contributed by atoms with E-state index < -0.39 is 14.6 Å². The van der Waals surface area contributed by atoms with Crippen molar-refractivity contribution >= 4 is 27.4 Å². The van der Waals surface area contributed by atoms with E-state index in [1.165, 1.54) is 5.56 Å². The van der Waals surface area contributed by atoms with Crippen molar-refractivity contribution in [2.75, 3.05) is 43.9 Å². The molecular formula is C20H30N4O3S. The van der Waals surface area contributed by atoms with Gasteiger partial charge in [0.15, 0.2) is 15.8 Å². The first-order valence-corrected chi connectivity index (χ1v) is 11.5. The molecule has 1 saturated heterocycles. The van der Waals surface area contributed by atoms with Gasteiger partial charge in [0.1, 0.15) is 0 Å². The highest BCUT2D eigenvalue weighted by Crippen LogP contribution is 2.28. The number of rotatable bonds is 4. The smallest absolute Gasteiger partial charge is 0.227 e. The fourth-order valence-corrected chi connectivity index (χ4v) is 5.19. The number of hydrogen-bond donors (Lipinski definition) is 1. The molecule has 154 valence electrons. The number of carbonyl (C=O) groups excluding carboxylic acids is 1. The highest BCUT2D eigenvalue weighted by molar-refractivity contribution is 7.92. The van der Waals surface area contributed by atoms with Gasteiger partial charge in [-0.1, -0.05) is 18.2 Å². The van der Waals surface area contributed by atoms with E-state index in [-0.39, 0.29) is 11.7 Å². The van der Waals surface area contributed by atoms with Crippen molar-refractivity contribution in [2.45, 2.75) is 37.9 Å². The van der Waals surface area contributed by atoms with E-state index in [1.807, 2.05) is 28.0 Å². The first-order chi connectivity index (χ1) is 13.2. The summed E-state index contributed by atoms with van der Waals surface area (Å²) in [7, 11) is -1.38. The Labute approximate surface area is 167 Å². The van der Waals surface area contributed by atoms with E-state index >= 15 is 0 Å². The van der Waals surface area contributed by atoms with Crippen LogP contribution in [0, 0.1) is 0 Å². The highest BCUT2D eigenvalue weighted by atomic mass is 32.2. The first-order valence-electron chi connectivity index (χ1n) is 9.81. The molecule has 0 radical (unpaired) electrons. The van der Waals surface area contributed by atoms with Crippen molar-refractivity contribution in [1.29, 1.82) is 0 Å². The van der Waals surface area contributed by atoms with E-state index in [0.29, 0.717) is 38.4 Å². The number of guanidine groups is 1. The van der Waals surface area contributed by atoms with Crippen LogP contribution < -0.4 is 10.2 Å². The fourth-order valence-electron chi connectivity index (χ4n) is 3.83. The summed E-state index contributed by atoms with van der Waals surface area (Å²) >= 11 is 0. The topological polar surface area (TPSA) is 82.1 Å². The van der Waals surface area contributed by atoms with Crippen molar-refractivity contribution in [2.24, 2.45) is 4.99 Å². The Kier molecular flexibility index (Phi) is 5.98. The first kappa shape index (κ1) is 20.6. The summed E-state index contributed by atoms with van der Waals surface area (Å²) in [6.07, 6.45) is 2.09. The Bertz CT molecular complexity index is 864. The second-order valence-electron chi connectivity index (χ2n) is 8.00. The van der Waals surface area contributed by atoms with Crippen LogP contribution >= 0.6 is 0 Å². The quantitative estimate of drug-likeness (QED) is 0.465. The predicted octanol–water partition coefficient (Wildman–Crippen LogP) is 1.44. The lowest BCUT2D eigenvalue weighted by Crippen LogP contribution is -2.57. The molecular weight excluding hydrogens is 376 g/mol. The molecule has 2 aliphatic rings. The molecule has 2 heterocycles. The van der Waals surface area contributed by atoms with Crippen LogP contribution in [0.1, 0.15) is 32.3 Å². The molecule has 0 bridgehead atoms. The Balaban J connectivity index is 1.48. The summed E-state index contributed by atoms with van der Waals surface area (Å²) in [6, 6.07) is 8.06. The summed E-state index contributed by atoms with van der Waals surface area (Å²) in [5.74, 6) is 0.974. The predicted molar refractivity (Wildman–Crippen MR) is 113 cm³/mol. The minimum absolute atomic E-state index is 0.132. The molecule has 0 spiro atoms. The molecule has 28 heavy (non-hydrogen) atoms. The van der Waals surface area contributed by atoms with Crippen LogP contribution in [0.15, 0.2) is 29.3 Å². The summed E-state index contributed by atoms with van der Waals surface area (Å²) in [5.41, 5.74) is 2.27. The summed E-state index contributed by atoms with van der Waals surface area (Å²) in [5, 5.41) is 3.28. The minimum Gasteiger partial charge on any atom is -0.356 e. The van der Waals surface area contributed by atoms with Gasteiger partial charge in [-0.25, -0.2) is 8.42 Å². The van der Waals surface area contributed by atoms with E-state index in [9.17, 15) is 13.2 Å². The number of nitrogens with one attached hydrogen (secondary N) is 1. The van der Waals surface area contributed by atoms with Crippen molar-refractivity contribution < 1.29 is 13.2 Å². The van der Waals surface area contributed by atoms with Crippen LogP contribution in [0.25, 0.3) is 0 Å². The van der Waals surface area contributed by atoms with Crippen molar-refractivity contribution in [3.05, 3.63) is 29.8 Å². The monoisotopic (exact) mass is 406 g/mol. The van der Waals surface area contributed by atoms with E-state index in [0.717, 1.165) is 18.7 Å². The van der Waals surface area contributed by atoms with Gasteiger partial charge < -0.3 is 15.1 Å². The number of amides is 1. The van der Waals surface area contributed by atoms with Gasteiger partial charge in [0.05, 0.1) is 10.5 Å². The van der Waals surface area contributed by atoms with Gasteiger partial charge in [-0.2, -0.15) is 0 Å². The van der Waals surface area contributed by atoms with Gasteiger partial charge in [0.2, 0.25) is 5.91 Å². The lowest BCUT2D eigenvalue weighted by Gasteiger charge is -2.39. The number of carbonyl (C=O) groups is 1. The molecule has 8 heteroatoms. The Hall–Kier alpha value is -2.09. The molecule has 0 unspecified atom stereocenters. The SMILES string of the molecule is CN=C(NCCCC(=O)N1CCc2ccccc21)N1CCS(=O)(=O)C(C)(C)C1. The maximum absolute atomic E-state index is 12.6. The third-order valence-electron chi connectivity index (χ3n) is 5.59. The molecule has 1 aromatic carbocycles. The lowest BCUT2D eigenvalue weighted by molar-refractivity contribution is -0.118. The average molecular weight is 407 g/mol. The fraction of sp³-hybridized carbons (Fsp3) is 0.600. The Morgan fingerprint density at radius 3 is 2.71 bits per heavy atom. The van der Waals surface area contributed by atoms with Gasteiger partial charge in [-0.3, -0.25) is 9.79 Å². The molecule has 0 aromatic heterocycles. The zero-order chi connectivity index (χ0) is 20.4. The zero-order valence-electron chi connectivity index (χ0n) is 16.9. The average Bonchev–Trinajstić information content (AvgIpc) is 3.08. The van der Waals surface area contributed by atoms with E-state index in [1.54, 1.807) is 20.9 Å². The van der Waals surface area contributed by atoms with E-state index in [4.69, 9.17) is 0 Å². The molecule has 1 amide bonds. The largest absolute Gasteiger partial charge is 0.356 e. The Morgan fingerprint density at radius 1 is 1.25 bits per heavy atom. The highest BCUT2D eigenvalue weighted by Gasteiger charge is 2.40. The second kappa shape index (κ2) is 8.11. The normalized spacial score (nSPS) is 20.8. The maximum atomic E-state index is 12.6. The maximum Gasteiger partial charge on any atom is 0.227 e. The number of fused-ring (bicyclic) bond motifs is 1. The number of para-hydroxylation sites is 1. The van der Waals surface area contributed by atoms with E-state index in [2.05, 4.69) is 16.4 Å². The van der Waals surface area contributed by atoms with Crippen LogP contribution in [0.2, 0.25) is 0 Å². The van der Waals surface area contributed by atoms with Crippen LogP contribution in [0.4, 0.5) is 5.69 Å². The van der Waals surface area contributed by atoms with Gasteiger partial charge in [0.25, 0.3) is 0 Å². The van der Waals surface area contributed by atoms with Crippen LogP contribution in [0.5, 0.6) is 0 Å². The number of nitrogens with zero attached hydrogens (tertiary/aromatic N) is 3. The molecule has 0 atom stereocenters. The van der Waals surface area contributed by atoms with Crippen LogP contribution in [-0.2, 0) is 21.1 Å².